The normalized spacial score (nSPS) is 10.2. The fourth-order valence-corrected chi connectivity index (χ4v) is 1.44. The number of nitrogens with two attached hydrogens (primary N) is 1. The summed E-state index contributed by atoms with van der Waals surface area (Å²) in [6.45, 7) is 0. The quantitative estimate of drug-likeness (QED) is 0.628. The van der Waals surface area contributed by atoms with Crippen molar-refractivity contribution in [2.24, 2.45) is 5.73 Å². The number of benzene rings is 1. The first-order chi connectivity index (χ1) is 5.95. The Labute approximate surface area is 89.4 Å². The van der Waals surface area contributed by atoms with E-state index in [1.807, 2.05) is 0 Å². The fourth-order valence-electron chi connectivity index (χ4n) is 0.752. The van der Waals surface area contributed by atoms with E-state index in [0.717, 1.165) is 6.07 Å². The summed E-state index contributed by atoms with van der Waals surface area (Å²) in [5.41, 5.74) is 4.34. The maximum Gasteiger partial charge on any atom is 0.251 e. The number of carbonyl (C=O) groups is 1. The molecule has 1 rings (SSSR count). The van der Waals surface area contributed by atoms with Crippen molar-refractivity contribution in [3.63, 3.8) is 0 Å². The van der Waals surface area contributed by atoms with Gasteiger partial charge in [-0.1, -0.05) is 0 Å². The van der Waals surface area contributed by atoms with Crippen molar-refractivity contribution in [3.05, 3.63) is 32.2 Å². The highest BCUT2D eigenvalue weighted by Gasteiger charge is 2.17. The van der Waals surface area contributed by atoms with Crippen molar-refractivity contribution in [2.45, 2.75) is 0 Å². The van der Waals surface area contributed by atoms with E-state index in [2.05, 4.69) is 31.9 Å². The molecule has 0 atom stereocenters. The van der Waals surface area contributed by atoms with Crippen LogP contribution in [0.25, 0.3) is 0 Å². The van der Waals surface area contributed by atoms with Crippen LogP contribution in [0.1, 0.15) is 10.4 Å². The van der Waals surface area contributed by atoms with Crippen LogP contribution >= 0.6 is 31.9 Å². The first-order valence-electron chi connectivity index (χ1n) is 3.08. The predicted molar refractivity (Wildman–Crippen MR) is 50.3 cm³/mol. The molecule has 0 aliphatic heterocycles. The van der Waals surface area contributed by atoms with Gasteiger partial charge in [0.05, 0.1) is 14.5 Å². The van der Waals surface area contributed by atoms with E-state index >= 15 is 0 Å². The van der Waals surface area contributed by atoms with Gasteiger partial charge in [0.15, 0.2) is 5.82 Å². The largest absolute Gasteiger partial charge is 0.366 e. The van der Waals surface area contributed by atoms with Gasteiger partial charge < -0.3 is 5.73 Å². The van der Waals surface area contributed by atoms with E-state index in [1.54, 1.807) is 0 Å². The Hall–Kier alpha value is -0.490. The molecule has 0 heterocycles. The predicted octanol–water partition coefficient (Wildman–Crippen LogP) is 2.59. The molecule has 0 fully saturated rings. The summed E-state index contributed by atoms with van der Waals surface area (Å²) >= 11 is 5.58. The zero-order chi connectivity index (χ0) is 10.2. The van der Waals surface area contributed by atoms with Crippen LogP contribution in [-0.2, 0) is 0 Å². The second kappa shape index (κ2) is 3.71. The highest BCUT2D eigenvalue weighted by Crippen LogP contribution is 2.30. The van der Waals surface area contributed by atoms with Gasteiger partial charge in [0.2, 0.25) is 0 Å². The first kappa shape index (κ1) is 10.6. The third-order valence-electron chi connectivity index (χ3n) is 1.37. The van der Waals surface area contributed by atoms with Crippen molar-refractivity contribution in [1.29, 1.82) is 0 Å². The smallest absolute Gasteiger partial charge is 0.251 e. The number of carbonyl (C=O) groups excluding carboxylic acids is 1. The Morgan fingerprint density at radius 2 is 1.85 bits per heavy atom. The lowest BCUT2D eigenvalue weighted by Crippen LogP contribution is -2.14. The molecule has 0 aromatic heterocycles. The van der Waals surface area contributed by atoms with E-state index in [9.17, 15) is 13.6 Å². The third kappa shape index (κ3) is 1.88. The molecule has 0 saturated carbocycles. The van der Waals surface area contributed by atoms with Crippen molar-refractivity contribution < 1.29 is 13.6 Å². The van der Waals surface area contributed by atoms with Gasteiger partial charge in [-0.15, -0.1) is 0 Å². The van der Waals surface area contributed by atoms with Gasteiger partial charge >= 0.3 is 0 Å². The van der Waals surface area contributed by atoms with E-state index in [0.29, 0.717) is 0 Å². The lowest BCUT2D eigenvalue weighted by atomic mass is 10.2. The SMILES string of the molecule is NC(=O)c1cc(F)c(Br)c(Br)c1F. The van der Waals surface area contributed by atoms with E-state index in [1.165, 1.54) is 0 Å². The summed E-state index contributed by atoms with van der Waals surface area (Å²) in [6.07, 6.45) is 0. The minimum atomic E-state index is -1.01. The van der Waals surface area contributed by atoms with Crippen LogP contribution < -0.4 is 5.73 Å². The van der Waals surface area contributed by atoms with Gasteiger partial charge in [-0.2, -0.15) is 0 Å². The number of amides is 1. The molecule has 1 aromatic carbocycles. The monoisotopic (exact) mass is 313 g/mol. The second-order valence-electron chi connectivity index (χ2n) is 2.21. The van der Waals surface area contributed by atoms with Gasteiger partial charge in [0.25, 0.3) is 5.91 Å². The second-order valence-corrected chi connectivity index (χ2v) is 3.80. The average molecular weight is 315 g/mol. The first-order valence-corrected chi connectivity index (χ1v) is 4.66. The third-order valence-corrected chi connectivity index (χ3v) is 3.42. The highest BCUT2D eigenvalue weighted by molar-refractivity contribution is 9.13. The van der Waals surface area contributed by atoms with Crippen molar-refractivity contribution in [1.82, 2.24) is 0 Å². The highest BCUT2D eigenvalue weighted by atomic mass is 79.9. The molecule has 0 aliphatic carbocycles. The summed E-state index contributed by atoms with van der Waals surface area (Å²) in [4.78, 5) is 10.6. The molecule has 0 saturated heterocycles. The summed E-state index contributed by atoms with van der Waals surface area (Å²) in [5.74, 6) is -2.63. The Kier molecular flexibility index (Phi) is 3.02. The Balaban J connectivity index is 3.50. The van der Waals surface area contributed by atoms with Crippen LogP contribution in [0.15, 0.2) is 15.0 Å². The molecule has 0 spiro atoms. The molecule has 1 amide bonds. The maximum absolute atomic E-state index is 13.1. The number of primary amides is 1. The molecule has 2 nitrogen and oxygen atoms in total. The van der Waals surface area contributed by atoms with Crippen LogP contribution in [0.4, 0.5) is 8.78 Å². The molecule has 2 N–H and O–H groups in total. The Morgan fingerprint density at radius 1 is 1.31 bits per heavy atom. The zero-order valence-corrected chi connectivity index (χ0v) is 9.25. The van der Waals surface area contributed by atoms with Crippen molar-refractivity contribution >= 4 is 37.8 Å². The average Bonchev–Trinajstić information content (AvgIpc) is 2.07. The standard InChI is InChI=1S/C7H3Br2F2NO/c8-4-3(10)1-2(7(12)13)6(11)5(4)9/h1H,(H2,12,13). The van der Waals surface area contributed by atoms with Gasteiger partial charge in [0, 0.05) is 0 Å². The van der Waals surface area contributed by atoms with Crippen LogP contribution in [0, 0.1) is 11.6 Å². The Morgan fingerprint density at radius 3 is 2.31 bits per heavy atom. The maximum atomic E-state index is 13.1. The molecule has 70 valence electrons. The number of halogens is 4. The lowest BCUT2D eigenvalue weighted by Gasteiger charge is -2.03. The summed E-state index contributed by atoms with van der Waals surface area (Å²) < 4.78 is 25.9. The summed E-state index contributed by atoms with van der Waals surface area (Å²) in [5, 5.41) is 0. The lowest BCUT2D eigenvalue weighted by molar-refractivity contribution is 0.0996. The molecule has 0 radical (unpaired) electrons. The molecule has 0 bridgehead atoms. The Bertz CT molecular complexity index is 381. The van der Waals surface area contributed by atoms with Crippen molar-refractivity contribution in [2.75, 3.05) is 0 Å². The molecular formula is C7H3Br2F2NO. The van der Waals surface area contributed by atoms with Crippen LogP contribution in [0.3, 0.4) is 0 Å². The number of rotatable bonds is 1. The molecule has 6 heteroatoms. The van der Waals surface area contributed by atoms with Gasteiger partial charge in [-0.25, -0.2) is 8.78 Å². The summed E-state index contributed by atoms with van der Waals surface area (Å²) in [7, 11) is 0. The molecule has 0 unspecified atom stereocenters. The van der Waals surface area contributed by atoms with Gasteiger partial charge in [0.1, 0.15) is 5.82 Å². The molecular weight excluding hydrogens is 312 g/mol. The number of hydrogen-bond donors (Lipinski definition) is 1. The summed E-state index contributed by atoms with van der Waals surface area (Å²) in [6, 6.07) is 0.743. The topological polar surface area (TPSA) is 43.1 Å². The van der Waals surface area contributed by atoms with Crippen LogP contribution in [-0.4, -0.2) is 5.91 Å². The van der Waals surface area contributed by atoms with Crippen LogP contribution in [0.2, 0.25) is 0 Å². The van der Waals surface area contributed by atoms with Crippen molar-refractivity contribution in [3.8, 4) is 0 Å². The molecule has 1 aromatic rings. The minimum absolute atomic E-state index is 0.0741. The van der Waals surface area contributed by atoms with Gasteiger partial charge in [-0.3, -0.25) is 4.79 Å². The van der Waals surface area contributed by atoms with Gasteiger partial charge in [-0.05, 0) is 37.9 Å². The molecule has 0 aliphatic rings. The molecule has 13 heavy (non-hydrogen) atoms. The minimum Gasteiger partial charge on any atom is -0.366 e. The zero-order valence-electron chi connectivity index (χ0n) is 6.07. The van der Waals surface area contributed by atoms with E-state index in [4.69, 9.17) is 5.73 Å². The van der Waals surface area contributed by atoms with E-state index < -0.39 is 23.1 Å². The van der Waals surface area contributed by atoms with Crippen LogP contribution in [0.5, 0.6) is 0 Å². The number of hydrogen-bond acceptors (Lipinski definition) is 1. The van der Waals surface area contributed by atoms with E-state index in [-0.39, 0.29) is 8.95 Å². The fraction of sp³-hybridized carbons (Fsp3) is 0.